The number of aromatic hydroxyl groups is 2. The van der Waals surface area contributed by atoms with Gasteiger partial charge in [0.05, 0.1) is 25.3 Å². The van der Waals surface area contributed by atoms with Crippen molar-refractivity contribution in [1.29, 1.82) is 0 Å². The molecule has 0 bridgehead atoms. The molecule has 0 fully saturated rings. The van der Waals surface area contributed by atoms with Crippen LogP contribution in [0.15, 0.2) is 60.7 Å². The molecule has 4 N–H and O–H groups in total. The second-order valence-electron chi connectivity index (χ2n) is 10.5. The van der Waals surface area contributed by atoms with Crippen molar-refractivity contribution in [3.63, 3.8) is 0 Å². The lowest BCUT2D eigenvalue weighted by Gasteiger charge is -2.20. The van der Waals surface area contributed by atoms with E-state index in [0.29, 0.717) is 11.5 Å². The summed E-state index contributed by atoms with van der Waals surface area (Å²) in [5.41, 5.74) is 1.87. The van der Waals surface area contributed by atoms with Gasteiger partial charge in [-0.15, -0.1) is 0 Å². The molecule has 0 spiro atoms. The maximum absolute atomic E-state index is 10.3. The Labute approximate surface area is 224 Å². The summed E-state index contributed by atoms with van der Waals surface area (Å²) in [6.07, 6.45) is 0. The predicted molar refractivity (Wildman–Crippen MR) is 147 cm³/mol. The molecule has 0 atom stereocenters. The zero-order valence-corrected chi connectivity index (χ0v) is 23.2. The molecule has 0 unspecified atom stereocenters. The highest BCUT2D eigenvalue weighted by Crippen LogP contribution is 2.34. The fourth-order valence-corrected chi connectivity index (χ4v) is 3.24. The van der Waals surface area contributed by atoms with Crippen molar-refractivity contribution in [3.05, 3.63) is 82.9 Å². The largest absolute Gasteiger partial charge is 0.508 e. The number of methoxy groups -OCH3 is 2. The molecule has 0 saturated heterocycles. The van der Waals surface area contributed by atoms with Crippen LogP contribution in [0.4, 0.5) is 0 Å². The van der Waals surface area contributed by atoms with Gasteiger partial charge in [-0.25, -0.2) is 9.59 Å². The molecule has 8 heteroatoms. The quantitative estimate of drug-likeness (QED) is 0.304. The standard InChI is InChI=1S/2C11H16O2.C8H6O4/c2*1-11(2,3)9-7-8(13-4)5-6-10(9)12;9-7(10)5-1-2-6(4-3-5)8(11)12/h2*5-7,12H,1-4H3;1-4H,(H,9,10)(H,11,12). The van der Waals surface area contributed by atoms with Gasteiger partial charge < -0.3 is 29.9 Å². The Morgan fingerprint density at radius 1 is 0.579 bits per heavy atom. The van der Waals surface area contributed by atoms with E-state index in [9.17, 15) is 19.8 Å². The number of carboxylic acids is 2. The van der Waals surface area contributed by atoms with Gasteiger partial charge in [-0.3, -0.25) is 0 Å². The van der Waals surface area contributed by atoms with Crippen LogP contribution in [0.1, 0.15) is 73.4 Å². The molecule has 3 aromatic carbocycles. The third-order valence-electron chi connectivity index (χ3n) is 5.40. The maximum atomic E-state index is 10.3. The van der Waals surface area contributed by atoms with Crippen molar-refractivity contribution in [2.45, 2.75) is 52.4 Å². The fourth-order valence-electron chi connectivity index (χ4n) is 3.24. The lowest BCUT2D eigenvalue weighted by Crippen LogP contribution is -2.11. The molecule has 0 aliphatic carbocycles. The highest BCUT2D eigenvalue weighted by Gasteiger charge is 2.19. The van der Waals surface area contributed by atoms with Crippen molar-refractivity contribution in [2.75, 3.05) is 14.2 Å². The molecule has 0 heterocycles. The molecule has 0 saturated carbocycles. The van der Waals surface area contributed by atoms with Crippen LogP contribution in [-0.2, 0) is 10.8 Å². The molecule has 0 aliphatic rings. The zero-order chi connectivity index (χ0) is 29.3. The van der Waals surface area contributed by atoms with E-state index in [4.69, 9.17) is 19.7 Å². The number of hydrogen-bond acceptors (Lipinski definition) is 6. The molecule has 0 aliphatic heterocycles. The molecule has 0 amide bonds. The van der Waals surface area contributed by atoms with E-state index in [2.05, 4.69) is 41.5 Å². The van der Waals surface area contributed by atoms with Gasteiger partial charge in [0, 0.05) is 11.1 Å². The number of rotatable bonds is 4. The highest BCUT2D eigenvalue weighted by atomic mass is 16.5. The first-order valence-corrected chi connectivity index (χ1v) is 11.8. The molecule has 3 aromatic rings. The number of benzene rings is 3. The van der Waals surface area contributed by atoms with Gasteiger partial charge >= 0.3 is 11.9 Å². The third-order valence-corrected chi connectivity index (χ3v) is 5.40. The number of phenols is 2. The molecule has 3 rings (SSSR count). The summed E-state index contributed by atoms with van der Waals surface area (Å²) in [4.78, 5) is 20.7. The van der Waals surface area contributed by atoms with Crippen LogP contribution < -0.4 is 9.47 Å². The first-order valence-electron chi connectivity index (χ1n) is 11.8. The number of carboxylic acid groups (broad SMARTS) is 2. The molecule has 38 heavy (non-hydrogen) atoms. The van der Waals surface area contributed by atoms with Gasteiger partial charge in [0.1, 0.15) is 23.0 Å². The second kappa shape index (κ2) is 13.4. The normalized spacial score (nSPS) is 10.7. The van der Waals surface area contributed by atoms with E-state index in [1.54, 1.807) is 38.5 Å². The summed E-state index contributed by atoms with van der Waals surface area (Å²) in [5.74, 6) is 0.0888. The summed E-state index contributed by atoms with van der Waals surface area (Å²) in [6, 6.07) is 15.6. The van der Waals surface area contributed by atoms with E-state index in [0.717, 1.165) is 22.6 Å². The second-order valence-corrected chi connectivity index (χ2v) is 10.5. The Kier molecular flexibility index (Phi) is 11.2. The van der Waals surface area contributed by atoms with E-state index in [1.165, 1.54) is 24.3 Å². The fraction of sp³-hybridized carbons (Fsp3) is 0.333. The minimum absolute atomic E-state index is 0.0569. The Bertz CT molecular complexity index is 1120. The SMILES string of the molecule is COc1ccc(O)c(C(C)(C)C)c1.COc1ccc(O)c(C(C)(C)C)c1.O=C(O)c1ccc(C(=O)O)cc1. The summed E-state index contributed by atoms with van der Waals surface area (Å²) in [6.45, 7) is 12.3. The van der Waals surface area contributed by atoms with Gasteiger partial charge in [-0.1, -0.05) is 41.5 Å². The summed E-state index contributed by atoms with van der Waals surface area (Å²) < 4.78 is 10.2. The Morgan fingerprint density at radius 3 is 1.08 bits per heavy atom. The number of phenolic OH excluding ortho intramolecular Hbond substituents is 2. The molecule has 0 aromatic heterocycles. The monoisotopic (exact) mass is 526 g/mol. The lowest BCUT2D eigenvalue weighted by atomic mass is 9.86. The topological polar surface area (TPSA) is 134 Å². The lowest BCUT2D eigenvalue weighted by molar-refractivity contribution is 0.0681. The van der Waals surface area contributed by atoms with Crippen molar-refractivity contribution in [2.24, 2.45) is 0 Å². The highest BCUT2D eigenvalue weighted by molar-refractivity contribution is 5.91. The van der Waals surface area contributed by atoms with E-state index in [1.807, 2.05) is 12.1 Å². The van der Waals surface area contributed by atoms with Crippen molar-refractivity contribution >= 4 is 11.9 Å². The summed E-state index contributed by atoms with van der Waals surface area (Å²) >= 11 is 0. The predicted octanol–water partition coefficient (Wildman–Crippen LogP) is 6.48. The van der Waals surface area contributed by atoms with Crippen LogP contribution >= 0.6 is 0 Å². The van der Waals surface area contributed by atoms with E-state index in [-0.39, 0.29) is 22.0 Å². The van der Waals surface area contributed by atoms with Crippen LogP contribution in [0.5, 0.6) is 23.0 Å². The first kappa shape index (κ1) is 31.8. The van der Waals surface area contributed by atoms with Crippen LogP contribution in [0.25, 0.3) is 0 Å². The third kappa shape index (κ3) is 9.69. The van der Waals surface area contributed by atoms with E-state index < -0.39 is 11.9 Å². The molecule has 8 nitrogen and oxygen atoms in total. The Hall–Kier alpha value is -4.20. The average molecular weight is 527 g/mol. The van der Waals surface area contributed by atoms with Gasteiger partial charge in [-0.2, -0.15) is 0 Å². The summed E-state index contributed by atoms with van der Waals surface area (Å²) in [7, 11) is 3.25. The molecule has 0 radical (unpaired) electrons. The molecular formula is C30H38O8. The zero-order valence-electron chi connectivity index (χ0n) is 23.2. The van der Waals surface area contributed by atoms with Crippen LogP contribution in [0.2, 0.25) is 0 Å². The Morgan fingerprint density at radius 2 is 0.868 bits per heavy atom. The maximum Gasteiger partial charge on any atom is 0.335 e. The summed E-state index contributed by atoms with van der Waals surface area (Å²) in [5, 5.41) is 36.2. The van der Waals surface area contributed by atoms with Crippen molar-refractivity contribution in [3.8, 4) is 23.0 Å². The van der Waals surface area contributed by atoms with Crippen LogP contribution in [-0.4, -0.2) is 46.6 Å². The number of carbonyl (C=O) groups is 2. The number of aromatic carboxylic acids is 2. The number of ether oxygens (including phenoxy) is 2. The van der Waals surface area contributed by atoms with Crippen molar-refractivity contribution < 1.29 is 39.5 Å². The van der Waals surface area contributed by atoms with Crippen LogP contribution in [0, 0.1) is 0 Å². The first-order chi connectivity index (χ1) is 17.5. The number of hydrogen-bond donors (Lipinski definition) is 4. The average Bonchev–Trinajstić information content (AvgIpc) is 2.84. The van der Waals surface area contributed by atoms with Gasteiger partial charge in [0.15, 0.2) is 0 Å². The minimum Gasteiger partial charge on any atom is -0.508 e. The van der Waals surface area contributed by atoms with Gasteiger partial charge in [0.2, 0.25) is 0 Å². The molecular weight excluding hydrogens is 488 g/mol. The Balaban J connectivity index is 0.000000285. The van der Waals surface area contributed by atoms with Crippen molar-refractivity contribution in [1.82, 2.24) is 0 Å². The smallest absolute Gasteiger partial charge is 0.335 e. The van der Waals surface area contributed by atoms with Gasteiger partial charge in [0.25, 0.3) is 0 Å². The molecule has 206 valence electrons. The van der Waals surface area contributed by atoms with Gasteiger partial charge in [-0.05, 0) is 71.5 Å². The van der Waals surface area contributed by atoms with Crippen LogP contribution in [0.3, 0.4) is 0 Å². The van der Waals surface area contributed by atoms with E-state index >= 15 is 0 Å². The minimum atomic E-state index is -1.06.